The molecule has 0 aliphatic rings. The van der Waals surface area contributed by atoms with Gasteiger partial charge < -0.3 is 34.8 Å². The van der Waals surface area contributed by atoms with Crippen molar-refractivity contribution in [1.82, 2.24) is 34.7 Å². The van der Waals surface area contributed by atoms with Crippen LogP contribution in [-0.4, -0.2) is 93.3 Å². The molecular weight excluding hydrogens is 582 g/mol. The number of rotatable bonds is 19. The van der Waals surface area contributed by atoms with Gasteiger partial charge in [-0.1, -0.05) is 0 Å². The number of nitrogen functional groups attached to an aromatic ring is 2. The topological polar surface area (TPSA) is 201 Å². The van der Waals surface area contributed by atoms with Crippen LogP contribution in [0.2, 0.25) is 0 Å². The molecule has 0 unspecified atom stereocenters. The molecule has 0 bridgehead atoms. The van der Waals surface area contributed by atoms with E-state index in [9.17, 15) is 4.79 Å². The molecule has 0 saturated carbocycles. The van der Waals surface area contributed by atoms with Crippen molar-refractivity contribution < 1.29 is 28.2 Å². The van der Waals surface area contributed by atoms with Gasteiger partial charge in [0.25, 0.3) is 6.01 Å². The summed E-state index contributed by atoms with van der Waals surface area (Å²) in [6.07, 6.45) is 5.96. The second-order valence-electron chi connectivity index (χ2n) is 10.0. The lowest BCUT2D eigenvalue weighted by atomic mass is 10.1. The first-order chi connectivity index (χ1) is 22.0. The molecule has 4 aromatic heterocycles. The van der Waals surface area contributed by atoms with Crippen LogP contribution < -0.4 is 11.5 Å². The Hall–Kier alpha value is -4.57. The Morgan fingerprint density at radius 2 is 1.60 bits per heavy atom. The number of carbonyl (C=O) groups excluding carboxylic acids is 1. The zero-order valence-electron chi connectivity index (χ0n) is 25.2. The van der Waals surface area contributed by atoms with Crippen LogP contribution in [0, 0.1) is 0 Å². The second-order valence-corrected chi connectivity index (χ2v) is 10.0. The highest BCUT2D eigenvalue weighted by atomic mass is 16.6. The van der Waals surface area contributed by atoms with Gasteiger partial charge in [0.2, 0.25) is 0 Å². The number of nitrogens with two attached hydrogens (primary N) is 2. The van der Waals surface area contributed by atoms with Crippen molar-refractivity contribution in [3.8, 4) is 11.3 Å². The zero-order valence-corrected chi connectivity index (χ0v) is 25.2. The first kappa shape index (κ1) is 31.8. The quantitative estimate of drug-likeness (QED) is 0.128. The van der Waals surface area contributed by atoms with Crippen LogP contribution in [0.25, 0.3) is 33.4 Å². The van der Waals surface area contributed by atoms with Gasteiger partial charge in [-0.25, -0.2) is 24.6 Å². The molecule has 0 spiro atoms. The maximum Gasteiger partial charge on any atom is 0.292 e. The average Bonchev–Trinajstić information content (AvgIpc) is 3.61. The standard InChI is InChI=1S/C30H37N9O6/c1-2-41-9-10-43-13-14-44-12-11-42-8-7-22(40)4-6-25-33-16-20(17-34-25)18-39-29-26(28(31)35-19-36-29)27(38-39)21-3-5-24-23(15-21)37-30(32)45-24/h3,5,15-17,19H,2,4,6-14,18H2,1H3,(H2,32,37)(H2,31,35,36). The molecule has 15 heteroatoms. The molecule has 1 aromatic carbocycles. The normalized spacial score (nSPS) is 11.6. The third-order valence-electron chi connectivity index (χ3n) is 6.80. The number of benzene rings is 1. The Kier molecular flexibility index (Phi) is 11.3. The molecule has 5 aromatic rings. The van der Waals surface area contributed by atoms with Crippen molar-refractivity contribution in [2.24, 2.45) is 0 Å². The molecule has 0 amide bonds. The van der Waals surface area contributed by atoms with Crippen LogP contribution in [0.4, 0.5) is 11.8 Å². The summed E-state index contributed by atoms with van der Waals surface area (Å²) in [5.41, 5.74) is 15.9. The highest BCUT2D eigenvalue weighted by molar-refractivity contribution is 5.99. The van der Waals surface area contributed by atoms with Crippen molar-refractivity contribution in [2.45, 2.75) is 32.7 Å². The highest BCUT2D eigenvalue weighted by Crippen LogP contribution is 2.32. The summed E-state index contributed by atoms with van der Waals surface area (Å²) in [4.78, 5) is 34.0. The molecule has 0 atom stereocenters. The number of oxazole rings is 1. The summed E-state index contributed by atoms with van der Waals surface area (Å²) in [6, 6.07) is 5.56. The summed E-state index contributed by atoms with van der Waals surface area (Å²) in [6.45, 7) is 6.36. The van der Waals surface area contributed by atoms with Crippen molar-refractivity contribution in [3.05, 3.63) is 48.3 Å². The first-order valence-electron chi connectivity index (χ1n) is 14.8. The summed E-state index contributed by atoms with van der Waals surface area (Å²) >= 11 is 0. The minimum absolute atomic E-state index is 0.0885. The van der Waals surface area contributed by atoms with E-state index in [1.807, 2.05) is 19.1 Å². The van der Waals surface area contributed by atoms with E-state index in [0.29, 0.717) is 118 Å². The number of aryl methyl sites for hydroxylation is 1. The van der Waals surface area contributed by atoms with Gasteiger partial charge in [0.15, 0.2) is 11.2 Å². The largest absolute Gasteiger partial charge is 0.424 e. The third-order valence-corrected chi connectivity index (χ3v) is 6.80. The van der Waals surface area contributed by atoms with Gasteiger partial charge in [-0.05, 0) is 25.1 Å². The Labute approximate surface area is 259 Å². The van der Waals surface area contributed by atoms with E-state index in [0.717, 1.165) is 11.1 Å². The van der Waals surface area contributed by atoms with Crippen molar-refractivity contribution in [2.75, 3.05) is 64.3 Å². The lowest BCUT2D eigenvalue weighted by Gasteiger charge is -2.07. The number of anilines is 2. The summed E-state index contributed by atoms with van der Waals surface area (Å²) < 4.78 is 28.6. The Morgan fingerprint density at radius 1 is 0.889 bits per heavy atom. The molecule has 4 heterocycles. The van der Waals surface area contributed by atoms with Crippen LogP contribution in [0.3, 0.4) is 0 Å². The SMILES string of the molecule is CCOCCOCCOCCOCCC(=O)CCc1ncc(Cn2nc(-c3ccc4oc(N)nc4c3)c3c(N)ncnc32)cn1. The number of aromatic nitrogens is 7. The lowest BCUT2D eigenvalue weighted by molar-refractivity contribution is -0.120. The molecule has 0 fully saturated rings. The molecule has 45 heavy (non-hydrogen) atoms. The number of hydrogen-bond donors (Lipinski definition) is 2. The molecule has 4 N–H and O–H groups in total. The maximum absolute atomic E-state index is 12.3. The summed E-state index contributed by atoms with van der Waals surface area (Å²) in [7, 11) is 0. The highest BCUT2D eigenvalue weighted by Gasteiger charge is 2.18. The average molecular weight is 620 g/mol. The minimum Gasteiger partial charge on any atom is -0.424 e. The number of nitrogens with zero attached hydrogens (tertiary/aromatic N) is 7. The number of ketones is 1. The van der Waals surface area contributed by atoms with E-state index >= 15 is 0 Å². The van der Waals surface area contributed by atoms with Gasteiger partial charge >= 0.3 is 0 Å². The second kappa shape index (κ2) is 15.9. The lowest BCUT2D eigenvalue weighted by Crippen LogP contribution is -2.13. The number of Topliss-reactive ketones (excluding diaryl/α,β-unsaturated/α-hetero) is 1. The van der Waals surface area contributed by atoms with Crippen LogP contribution in [0.1, 0.15) is 31.2 Å². The molecular formula is C30H37N9O6. The fourth-order valence-electron chi connectivity index (χ4n) is 4.57. The van der Waals surface area contributed by atoms with Gasteiger partial charge in [0.1, 0.15) is 35.0 Å². The van der Waals surface area contributed by atoms with E-state index in [1.165, 1.54) is 6.33 Å². The van der Waals surface area contributed by atoms with Crippen LogP contribution in [0.5, 0.6) is 0 Å². The van der Waals surface area contributed by atoms with Gasteiger partial charge in [-0.15, -0.1) is 0 Å². The number of fused-ring (bicyclic) bond motifs is 2. The maximum atomic E-state index is 12.3. The zero-order chi connectivity index (χ0) is 31.4. The van der Waals surface area contributed by atoms with E-state index in [2.05, 4.69) is 24.9 Å². The van der Waals surface area contributed by atoms with Gasteiger partial charge in [-0.3, -0.25) is 4.79 Å². The monoisotopic (exact) mass is 619 g/mol. The predicted molar refractivity (Wildman–Crippen MR) is 165 cm³/mol. The first-order valence-corrected chi connectivity index (χ1v) is 14.8. The van der Waals surface area contributed by atoms with Gasteiger partial charge in [0, 0.05) is 49.4 Å². The van der Waals surface area contributed by atoms with Crippen LogP contribution in [-0.2, 0) is 36.7 Å². The molecule has 0 aliphatic carbocycles. The van der Waals surface area contributed by atoms with Crippen molar-refractivity contribution >= 4 is 39.7 Å². The van der Waals surface area contributed by atoms with Crippen LogP contribution >= 0.6 is 0 Å². The van der Waals surface area contributed by atoms with Gasteiger partial charge in [-0.2, -0.15) is 10.1 Å². The smallest absolute Gasteiger partial charge is 0.292 e. The fraction of sp³-hybridized carbons (Fsp3) is 0.433. The number of hydrogen-bond acceptors (Lipinski definition) is 14. The summed E-state index contributed by atoms with van der Waals surface area (Å²) in [5.74, 6) is 0.985. The van der Waals surface area contributed by atoms with E-state index in [4.69, 9.17) is 39.9 Å². The Bertz CT molecular complexity index is 1690. The van der Waals surface area contributed by atoms with Crippen LogP contribution in [0.15, 0.2) is 41.3 Å². The molecule has 5 rings (SSSR count). The molecule has 0 radical (unpaired) electrons. The van der Waals surface area contributed by atoms with E-state index < -0.39 is 0 Å². The third kappa shape index (κ3) is 8.76. The molecule has 0 aliphatic heterocycles. The number of ether oxygens (including phenoxy) is 4. The molecule has 0 saturated heterocycles. The summed E-state index contributed by atoms with van der Waals surface area (Å²) in [5, 5.41) is 5.42. The van der Waals surface area contributed by atoms with Gasteiger partial charge in [0.05, 0.1) is 58.2 Å². The Balaban J connectivity index is 1.07. The number of carbonyl (C=O) groups is 1. The van der Waals surface area contributed by atoms with E-state index in [-0.39, 0.29) is 11.8 Å². The molecule has 15 nitrogen and oxygen atoms in total. The van der Waals surface area contributed by atoms with Crippen molar-refractivity contribution in [3.63, 3.8) is 0 Å². The Morgan fingerprint density at radius 3 is 2.33 bits per heavy atom. The molecule has 238 valence electrons. The minimum atomic E-state index is 0.0885. The fourth-order valence-corrected chi connectivity index (χ4v) is 4.57. The van der Waals surface area contributed by atoms with Crippen molar-refractivity contribution in [1.29, 1.82) is 0 Å². The predicted octanol–water partition coefficient (Wildman–Crippen LogP) is 2.62. The van der Waals surface area contributed by atoms with E-state index in [1.54, 1.807) is 23.1 Å².